The number of rotatable bonds is 5. The maximum Gasteiger partial charge on any atom is 0.191 e. The number of aliphatic imine (C=N–C) groups is 1. The summed E-state index contributed by atoms with van der Waals surface area (Å²) in [6.45, 7) is 3.61. The Kier molecular flexibility index (Phi) is 5.24. The van der Waals surface area contributed by atoms with E-state index in [0.717, 1.165) is 29.5 Å². The first-order valence-electron chi connectivity index (χ1n) is 8.34. The van der Waals surface area contributed by atoms with Crippen LogP contribution in [0.2, 0.25) is 0 Å². The van der Waals surface area contributed by atoms with Crippen LogP contribution in [0.25, 0.3) is 11.4 Å². The van der Waals surface area contributed by atoms with Gasteiger partial charge >= 0.3 is 0 Å². The molecule has 23 heavy (non-hydrogen) atoms. The molecule has 2 aromatic rings. The van der Waals surface area contributed by atoms with Crippen LogP contribution in [0, 0.1) is 0 Å². The van der Waals surface area contributed by atoms with Gasteiger partial charge in [-0.25, -0.2) is 9.98 Å². The van der Waals surface area contributed by atoms with E-state index in [9.17, 15) is 0 Å². The van der Waals surface area contributed by atoms with Gasteiger partial charge in [-0.1, -0.05) is 31.0 Å². The monoisotopic (exact) mass is 312 g/mol. The highest BCUT2D eigenvalue weighted by molar-refractivity contribution is 5.80. The Balaban J connectivity index is 1.67. The predicted molar refractivity (Wildman–Crippen MR) is 92.0 cm³/mol. The summed E-state index contributed by atoms with van der Waals surface area (Å²) < 4.78 is 0. The lowest BCUT2D eigenvalue weighted by Crippen LogP contribution is -2.42. The Morgan fingerprint density at radius 3 is 2.96 bits per heavy atom. The van der Waals surface area contributed by atoms with E-state index >= 15 is 0 Å². The van der Waals surface area contributed by atoms with Gasteiger partial charge in [0.2, 0.25) is 0 Å². The van der Waals surface area contributed by atoms with Crippen molar-refractivity contribution in [2.24, 2.45) is 4.99 Å². The summed E-state index contributed by atoms with van der Waals surface area (Å²) in [5.41, 5.74) is 2.19. The van der Waals surface area contributed by atoms with Gasteiger partial charge in [-0.3, -0.25) is 5.10 Å². The lowest BCUT2D eigenvalue weighted by molar-refractivity contribution is 0.614. The standard InChI is InChI=1S/C17H24N6/c1-2-18-17(22-15-8-3-4-9-15)19-11-13-6-5-7-14(10-13)16-20-12-21-23-16/h5-7,10,12,15H,2-4,8-9,11H2,1H3,(H2,18,19,22)(H,20,21,23). The Hall–Kier alpha value is -2.37. The van der Waals surface area contributed by atoms with E-state index in [1.807, 2.05) is 12.1 Å². The minimum Gasteiger partial charge on any atom is -0.357 e. The van der Waals surface area contributed by atoms with Crippen molar-refractivity contribution in [1.29, 1.82) is 0 Å². The second kappa shape index (κ2) is 7.76. The molecule has 0 aliphatic heterocycles. The fraction of sp³-hybridized carbons (Fsp3) is 0.471. The first kappa shape index (κ1) is 15.5. The molecule has 1 aromatic carbocycles. The summed E-state index contributed by atoms with van der Waals surface area (Å²) in [7, 11) is 0. The van der Waals surface area contributed by atoms with Gasteiger partial charge in [-0.05, 0) is 31.4 Å². The van der Waals surface area contributed by atoms with Crippen molar-refractivity contribution < 1.29 is 0 Å². The van der Waals surface area contributed by atoms with Gasteiger partial charge in [-0.2, -0.15) is 5.10 Å². The van der Waals surface area contributed by atoms with Crippen molar-refractivity contribution in [1.82, 2.24) is 25.8 Å². The molecule has 0 unspecified atom stereocenters. The molecule has 1 aliphatic carbocycles. The Bertz CT molecular complexity index is 628. The topological polar surface area (TPSA) is 78.0 Å². The number of hydrogen-bond acceptors (Lipinski definition) is 3. The zero-order valence-corrected chi connectivity index (χ0v) is 13.5. The molecule has 1 aromatic heterocycles. The molecule has 122 valence electrons. The molecule has 1 saturated carbocycles. The Morgan fingerprint density at radius 2 is 2.22 bits per heavy atom. The van der Waals surface area contributed by atoms with E-state index in [1.54, 1.807) is 0 Å². The number of guanidine groups is 1. The zero-order chi connectivity index (χ0) is 15.9. The number of benzene rings is 1. The predicted octanol–water partition coefficient (Wildman–Crippen LogP) is 2.47. The molecule has 0 spiro atoms. The maximum absolute atomic E-state index is 4.72. The van der Waals surface area contributed by atoms with E-state index in [4.69, 9.17) is 4.99 Å². The molecule has 0 bridgehead atoms. The molecule has 0 atom stereocenters. The summed E-state index contributed by atoms with van der Waals surface area (Å²) >= 11 is 0. The number of hydrogen-bond donors (Lipinski definition) is 3. The summed E-state index contributed by atoms with van der Waals surface area (Å²) in [5, 5.41) is 13.7. The smallest absolute Gasteiger partial charge is 0.191 e. The van der Waals surface area contributed by atoms with Gasteiger partial charge in [0, 0.05) is 18.2 Å². The van der Waals surface area contributed by atoms with Crippen molar-refractivity contribution in [2.45, 2.75) is 45.2 Å². The number of H-pyrrole nitrogens is 1. The largest absolute Gasteiger partial charge is 0.357 e. The van der Waals surface area contributed by atoms with Crippen molar-refractivity contribution in [2.75, 3.05) is 6.54 Å². The molecule has 1 aliphatic rings. The van der Waals surface area contributed by atoms with Crippen LogP contribution in [0.5, 0.6) is 0 Å². The third-order valence-electron chi connectivity index (χ3n) is 4.08. The highest BCUT2D eigenvalue weighted by atomic mass is 15.2. The summed E-state index contributed by atoms with van der Waals surface area (Å²) in [6.07, 6.45) is 6.64. The molecule has 0 saturated heterocycles. The normalized spacial score (nSPS) is 15.8. The average Bonchev–Trinajstić information content (AvgIpc) is 3.27. The van der Waals surface area contributed by atoms with E-state index < -0.39 is 0 Å². The minimum absolute atomic E-state index is 0.563. The van der Waals surface area contributed by atoms with Gasteiger partial charge < -0.3 is 10.6 Å². The van der Waals surface area contributed by atoms with E-state index in [1.165, 1.54) is 32.0 Å². The van der Waals surface area contributed by atoms with Gasteiger partial charge in [-0.15, -0.1) is 0 Å². The van der Waals surface area contributed by atoms with Crippen LogP contribution in [0.15, 0.2) is 35.6 Å². The highest BCUT2D eigenvalue weighted by Gasteiger charge is 2.15. The molecule has 3 rings (SSSR count). The van der Waals surface area contributed by atoms with Crippen LogP contribution in [-0.4, -0.2) is 33.7 Å². The van der Waals surface area contributed by atoms with Crippen LogP contribution in [0.4, 0.5) is 0 Å². The van der Waals surface area contributed by atoms with E-state index in [2.05, 4.69) is 44.9 Å². The van der Waals surface area contributed by atoms with Crippen LogP contribution < -0.4 is 10.6 Å². The fourth-order valence-corrected chi connectivity index (χ4v) is 2.92. The quantitative estimate of drug-likeness (QED) is 0.585. The molecule has 0 amide bonds. The van der Waals surface area contributed by atoms with Gasteiger partial charge in [0.25, 0.3) is 0 Å². The van der Waals surface area contributed by atoms with Gasteiger partial charge in [0.15, 0.2) is 11.8 Å². The first-order valence-corrected chi connectivity index (χ1v) is 8.34. The minimum atomic E-state index is 0.563. The molecular weight excluding hydrogens is 288 g/mol. The van der Waals surface area contributed by atoms with Crippen molar-refractivity contribution in [3.8, 4) is 11.4 Å². The fourth-order valence-electron chi connectivity index (χ4n) is 2.92. The molecular formula is C17H24N6. The molecule has 6 heteroatoms. The van der Waals surface area contributed by atoms with Crippen LogP contribution >= 0.6 is 0 Å². The molecule has 1 fully saturated rings. The molecule has 3 N–H and O–H groups in total. The van der Waals surface area contributed by atoms with E-state index in [0.29, 0.717) is 12.6 Å². The second-order valence-corrected chi connectivity index (χ2v) is 5.86. The molecule has 1 heterocycles. The molecule has 0 radical (unpaired) electrons. The summed E-state index contributed by atoms with van der Waals surface area (Å²) in [6, 6.07) is 8.80. The average molecular weight is 312 g/mol. The Morgan fingerprint density at radius 1 is 1.35 bits per heavy atom. The van der Waals surface area contributed by atoms with Crippen LogP contribution in [0.3, 0.4) is 0 Å². The third-order valence-corrected chi connectivity index (χ3v) is 4.08. The third kappa shape index (κ3) is 4.31. The summed E-state index contributed by atoms with van der Waals surface area (Å²) in [4.78, 5) is 8.91. The molecule has 6 nitrogen and oxygen atoms in total. The lowest BCUT2D eigenvalue weighted by atomic mass is 10.1. The van der Waals surface area contributed by atoms with Crippen LogP contribution in [-0.2, 0) is 6.54 Å². The van der Waals surface area contributed by atoms with Crippen LogP contribution in [0.1, 0.15) is 38.2 Å². The highest BCUT2D eigenvalue weighted by Crippen LogP contribution is 2.18. The summed E-state index contributed by atoms with van der Waals surface area (Å²) in [5.74, 6) is 1.69. The van der Waals surface area contributed by atoms with Crippen molar-refractivity contribution >= 4 is 5.96 Å². The van der Waals surface area contributed by atoms with Gasteiger partial charge in [0.1, 0.15) is 6.33 Å². The van der Waals surface area contributed by atoms with Crippen molar-refractivity contribution in [3.05, 3.63) is 36.2 Å². The zero-order valence-electron chi connectivity index (χ0n) is 13.5. The number of nitrogens with one attached hydrogen (secondary N) is 3. The van der Waals surface area contributed by atoms with E-state index in [-0.39, 0.29) is 0 Å². The SMILES string of the molecule is CCNC(=NCc1cccc(-c2ncn[nH]2)c1)NC1CCCC1. The lowest BCUT2D eigenvalue weighted by Gasteiger charge is -2.16. The Labute approximate surface area is 136 Å². The maximum atomic E-state index is 4.72. The van der Waals surface area contributed by atoms with Gasteiger partial charge in [0.05, 0.1) is 6.54 Å². The number of nitrogens with zero attached hydrogens (tertiary/aromatic N) is 3. The number of aromatic amines is 1. The van der Waals surface area contributed by atoms with Crippen molar-refractivity contribution in [3.63, 3.8) is 0 Å². The second-order valence-electron chi connectivity index (χ2n) is 5.86. The number of aromatic nitrogens is 3. The first-order chi connectivity index (χ1) is 11.3.